The van der Waals surface area contributed by atoms with Gasteiger partial charge in [-0.05, 0) is 12.3 Å². The van der Waals surface area contributed by atoms with Crippen molar-refractivity contribution >= 4 is 11.9 Å². The number of nitrogens with zero attached hydrogens (tertiary/aromatic N) is 1. The van der Waals surface area contributed by atoms with Crippen LogP contribution in [-0.2, 0) is 14.3 Å². The Morgan fingerprint density at radius 3 is 2.75 bits per heavy atom. The molecule has 16 heavy (non-hydrogen) atoms. The Morgan fingerprint density at radius 1 is 1.25 bits per heavy atom. The molecular formula is C11H15NO4. The quantitative estimate of drug-likeness (QED) is 0.678. The van der Waals surface area contributed by atoms with Crippen LogP contribution in [0.5, 0.6) is 0 Å². The van der Waals surface area contributed by atoms with Crippen LogP contribution in [0.15, 0.2) is 12.2 Å². The summed E-state index contributed by atoms with van der Waals surface area (Å²) in [5.74, 6) is -0.302. The lowest BCUT2D eigenvalue weighted by molar-refractivity contribution is -0.132. The molecule has 0 aromatic carbocycles. The maximum Gasteiger partial charge on any atom is 0.328 e. The van der Waals surface area contributed by atoms with E-state index in [2.05, 4.69) is 0 Å². The first-order valence-electron chi connectivity index (χ1n) is 5.44. The van der Waals surface area contributed by atoms with E-state index < -0.39 is 5.97 Å². The fourth-order valence-electron chi connectivity index (χ4n) is 2.31. The molecule has 0 saturated carbocycles. The molecule has 2 fully saturated rings. The van der Waals surface area contributed by atoms with Gasteiger partial charge in [-0.3, -0.25) is 4.79 Å². The third-order valence-electron chi connectivity index (χ3n) is 3.24. The molecule has 0 radical (unpaired) electrons. The van der Waals surface area contributed by atoms with Crippen molar-refractivity contribution in [2.24, 2.45) is 11.8 Å². The molecule has 1 amide bonds. The molecule has 2 aliphatic heterocycles. The van der Waals surface area contributed by atoms with Crippen molar-refractivity contribution in [1.82, 2.24) is 4.90 Å². The Morgan fingerprint density at radius 2 is 2.00 bits per heavy atom. The van der Waals surface area contributed by atoms with Gasteiger partial charge >= 0.3 is 5.97 Å². The number of carbonyl (C=O) groups excluding carboxylic acids is 1. The van der Waals surface area contributed by atoms with Crippen molar-refractivity contribution in [2.45, 2.75) is 6.42 Å². The van der Waals surface area contributed by atoms with Crippen molar-refractivity contribution in [2.75, 3.05) is 26.3 Å². The number of ether oxygens (including phenoxy) is 1. The van der Waals surface area contributed by atoms with Crippen molar-refractivity contribution in [1.29, 1.82) is 0 Å². The molecule has 0 aliphatic carbocycles. The molecule has 1 N–H and O–H groups in total. The minimum Gasteiger partial charge on any atom is -0.478 e. The Balaban J connectivity index is 1.91. The molecule has 0 bridgehead atoms. The summed E-state index contributed by atoms with van der Waals surface area (Å²) >= 11 is 0. The maximum atomic E-state index is 11.6. The van der Waals surface area contributed by atoms with Crippen LogP contribution >= 0.6 is 0 Å². The number of piperidine rings is 1. The fraction of sp³-hybridized carbons (Fsp3) is 0.636. The second-order valence-corrected chi connectivity index (χ2v) is 4.30. The van der Waals surface area contributed by atoms with E-state index in [0.29, 0.717) is 24.9 Å². The zero-order valence-corrected chi connectivity index (χ0v) is 8.96. The summed E-state index contributed by atoms with van der Waals surface area (Å²) in [4.78, 5) is 23.6. The Kier molecular flexibility index (Phi) is 3.24. The number of fused-ring (bicyclic) bond motifs is 1. The maximum absolute atomic E-state index is 11.6. The number of amides is 1. The average Bonchev–Trinajstić information content (AvgIpc) is 2.72. The largest absolute Gasteiger partial charge is 0.478 e. The normalized spacial score (nSPS) is 29.4. The van der Waals surface area contributed by atoms with Gasteiger partial charge in [0.1, 0.15) is 0 Å². The topological polar surface area (TPSA) is 66.8 Å². The number of likely N-dealkylation sites (tertiary alicyclic amines) is 1. The molecular weight excluding hydrogens is 210 g/mol. The smallest absolute Gasteiger partial charge is 0.328 e. The van der Waals surface area contributed by atoms with Gasteiger partial charge in [-0.25, -0.2) is 4.79 Å². The molecule has 88 valence electrons. The van der Waals surface area contributed by atoms with Gasteiger partial charge in [0.15, 0.2) is 0 Å². The second kappa shape index (κ2) is 4.65. The minimum atomic E-state index is -1.09. The monoisotopic (exact) mass is 225 g/mol. The van der Waals surface area contributed by atoms with Crippen molar-refractivity contribution in [3.8, 4) is 0 Å². The highest BCUT2D eigenvalue weighted by molar-refractivity contribution is 5.93. The van der Waals surface area contributed by atoms with Crippen LogP contribution in [0.25, 0.3) is 0 Å². The highest BCUT2D eigenvalue weighted by Crippen LogP contribution is 2.29. The molecule has 2 saturated heterocycles. The first-order chi connectivity index (χ1) is 7.66. The number of carbonyl (C=O) groups is 2. The molecule has 0 unspecified atom stereocenters. The van der Waals surface area contributed by atoms with Crippen LogP contribution in [-0.4, -0.2) is 48.2 Å². The molecule has 0 spiro atoms. The van der Waals surface area contributed by atoms with Crippen LogP contribution in [0.2, 0.25) is 0 Å². The Labute approximate surface area is 93.7 Å². The fourth-order valence-corrected chi connectivity index (χ4v) is 2.31. The summed E-state index contributed by atoms with van der Waals surface area (Å²) in [6, 6.07) is 0. The van der Waals surface area contributed by atoms with Gasteiger partial charge in [-0.2, -0.15) is 0 Å². The lowest BCUT2D eigenvalue weighted by atomic mass is 9.89. The van der Waals surface area contributed by atoms with E-state index in [1.807, 2.05) is 0 Å². The number of aliphatic carboxylic acids is 1. The summed E-state index contributed by atoms with van der Waals surface area (Å²) < 4.78 is 5.37. The average molecular weight is 225 g/mol. The molecule has 5 heteroatoms. The Hall–Kier alpha value is -1.36. The molecule has 2 atom stereocenters. The van der Waals surface area contributed by atoms with E-state index in [0.717, 1.165) is 31.8 Å². The first-order valence-corrected chi connectivity index (χ1v) is 5.44. The SMILES string of the molecule is O=C(O)/C=C/C(=O)N1CC[C@H]2COC[C@@H]2C1. The zero-order chi connectivity index (χ0) is 11.5. The second-order valence-electron chi connectivity index (χ2n) is 4.30. The van der Waals surface area contributed by atoms with E-state index in [1.165, 1.54) is 0 Å². The van der Waals surface area contributed by atoms with Crippen LogP contribution < -0.4 is 0 Å². The van der Waals surface area contributed by atoms with Crippen LogP contribution in [0, 0.1) is 11.8 Å². The van der Waals surface area contributed by atoms with Crippen molar-refractivity contribution < 1.29 is 19.4 Å². The van der Waals surface area contributed by atoms with E-state index in [-0.39, 0.29) is 5.91 Å². The van der Waals surface area contributed by atoms with Crippen molar-refractivity contribution in [3.05, 3.63) is 12.2 Å². The van der Waals surface area contributed by atoms with Crippen LogP contribution in [0.3, 0.4) is 0 Å². The van der Waals surface area contributed by atoms with Crippen LogP contribution in [0.1, 0.15) is 6.42 Å². The van der Waals surface area contributed by atoms with E-state index >= 15 is 0 Å². The lowest BCUT2D eigenvalue weighted by Gasteiger charge is -2.33. The van der Waals surface area contributed by atoms with Gasteiger partial charge in [0, 0.05) is 37.8 Å². The standard InChI is InChI=1S/C11H15NO4/c13-10(1-2-11(14)15)12-4-3-8-6-16-7-9(8)5-12/h1-2,8-9H,3-7H2,(H,14,15)/b2-1+/t8-,9-/m0/s1. The van der Waals surface area contributed by atoms with Gasteiger partial charge in [-0.15, -0.1) is 0 Å². The minimum absolute atomic E-state index is 0.215. The predicted molar refractivity (Wildman–Crippen MR) is 55.8 cm³/mol. The van der Waals surface area contributed by atoms with Crippen LogP contribution in [0.4, 0.5) is 0 Å². The summed E-state index contributed by atoms with van der Waals surface area (Å²) in [6.45, 7) is 2.91. The molecule has 0 aromatic heterocycles. The molecule has 2 aliphatic rings. The highest BCUT2D eigenvalue weighted by atomic mass is 16.5. The molecule has 0 aromatic rings. The zero-order valence-electron chi connectivity index (χ0n) is 8.96. The molecule has 5 nitrogen and oxygen atoms in total. The van der Waals surface area contributed by atoms with Gasteiger partial charge in [0.2, 0.25) is 5.91 Å². The van der Waals surface area contributed by atoms with E-state index in [4.69, 9.17) is 9.84 Å². The number of carboxylic acid groups (broad SMARTS) is 1. The number of rotatable bonds is 2. The van der Waals surface area contributed by atoms with Gasteiger partial charge in [0.05, 0.1) is 6.61 Å². The number of hydrogen-bond donors (Lipinski definition) is 1. The Bertz CT molecular complexity index is 326. The number of hydrogen-bond acceptors (Lipinski definition) is 3. The first kappa shape index (κ1) is 11.1. The third-order valence-corrected chi connectivity index (χ3v) is 3.24. The summed E-state index contributed by atoms with van der Waals surface area (Å²) in [7, 11) is 0. The predicted octanol–water partition coefficient (Wildman–Crippen LogP) is 0.122. The molecule has 2 rings (SSSR count). The lowest BCUT2D eigenvalue weighted by Crippen LogP contribution is -2.42. The van der Waals surface area contributed by atoms with Crippen molar-refractivity contribution in [3.63, 3.8) is 0 Å². The van der Waals surface area contributed by atoms with E-state index in [9.17, 15) is 9.59 Å². The van der Waals surface area contributed by atoms with Gasteiger partial charge in [-0.1, -0.05) is 0 Å². The third kappa shape index (κ3) is 2.41. The summed E-state index contributed by atoms with van der Waals surface area (Å²) in [5.41, 5.74) is 0. The number of carboxylic acids is 1. The van der Waals surface area contributed by atoms with E-state index in [1.54, 1.807) is 4.90 Å². The molecule has 2 heterocycles. The van der Waals surface area contributed by atoms with Gasteiger partial charge < -0.3 is 14.7 Å². The summed E-state index contributed by atoms with van der Waals surface area (Å²) in [6.07, 6.45) is 2.97. The summed E-state index contributed by atoms with van der Waals surface area (Å²) in [5, 5.41) is 8.43. The highest BCUT2D eigenvalue weighted by Gasteiger charge is 2.34. The van der Waals surface area contributed by atoms with Gasteiger partial charge in [0.25, 0.3) is 0 Å².